The van der Waals surface area contributed by atoms with Crippen molar-refractivity contribution < 1.29 is 5.10 Å². The van der Waals surface area contributed by atoms with Gasteiger partial charge in [-0.1, -0.05) is 121 Å². The second-order valence-electron chi connectivity index (χ2n) is 10.1. The van der Waals surface area contributed by atoms with Crippen molar-refractivity contribution in [1.82, 2.24) is 15.1 Å². The van der Waals surface area contributed by atoms with Gasteiger partial charge in [-0.25, -0.2) is 4.99 Å². The highest BCUT2D eigenvalue weighted by Crippen LogP contribution is 2.56. The highest BCUT2D eigenvalue weighted by Gasteiger charge is 2.58. The largest absolute Gasteiger partial charge is 0.261 e. The zero-order valence-corrected chi connectivity index (χ0v) is 21.2. The molecule has 6 aromatic rings. The minimum atomic E-state index is -0.134. The van der Waals surface area contributed by atoms with Gasteiger partial charge in [0.1, 0.15) is 12.0 Å². The Hall–Kier alpha value is -5.00. The maximum absolute atomic E-state index is 5.39. The zero-order valence-electron chi connectivity index (χ0n) is 21.2. The number of amidine groups is 1. The summed E-state index contributed by atoms with van der Waals surface area (Å²) in [6.45, 7) is 0. The predicted octanol–water partition coefficient (Wildman–Crippen LogP) is 7.01. The van der Waals surface area contributed by atoms with Crippen molar-refractivity contribution in [2.75, 3.05) is 0 Å². The van der Waals surface area contributed by atoms with Gasteiger partial charge in [0, 0.05) is 11.1 Å². The SMILES string of the molecule is c1ccc(C2=NC(c3c(-c4ccc(-c5c[nH][nH+]c5)cc4)ccc4ccccc34)N3C(c4ccccc4)N23)cc1. The Morgan fingerprint density at radius 2 is 1.36 bits per heavy atom. The molecule has 0 bridgehead atoms. The summed E-state index contributed by atoms with van der Waals surface area (Å²) in [6, 6.07) is 43.3. The van der Waals surface area contributed by atoms with Crippen LogP contribution in [0.25, 0.3) is 33.0 Å². The van der Waals surface area contributed by atoms with Gasteiger partial charge in [-0.2, -0.15) is 10.1 Å². The lowest BCUT2D eigenvalue weighted by atomic mass is 9.91. The van der Waals surface area contributed by atoms with Crippen molar-refractivity contribution in [2.24, 2.45) is 4.99 Å². The van der Waals surface area contributed by atoms with Gasteiger partial charge in [0.15, 0.2) is 6.17 Å². The second kappa shape index (κ2) is 8.79. The fourth-order valence-electron chi connectivity index (χ4n) is 5.92. The number of nitrogens with one attached hydrogen (secondary N) is 2. The number of aliphatic imine (C=N–C) groups is 1. The van der Waals surface area contributed by atoms with Crippen molar-refractivity contribution >= 4 is 16.6 Å². The summed E-state index contributed by atoms with van der Waals surface area (Å²) < 4.78 is 0. The van der Waals surface area contributed by atoms with E-state index in [1.54, 1.807) is 0 Å². The molecule has 0 radical (unpaired) electrons. The highest BCUT2D eigenvalue weighted by molar-refractivity contribution is 6.02. The molecule has 39 heavy (non-hydrogen) atoms. The van der Waals surface area contributed by atoms with Crippen LogP contribution in [-0.2, 0) is 0 Å². The first-order valence-electron chi connectivity index (χ1n) is 13.3. The van der Waals surface area contributed by atoms with Crippen LogP contribution >= 0.6 is 0 Å². The van der Waals surface area contributed by atoms with Gasteiger partial charge in [-0.15, -0.1) is 5.10 Å². The van der Waals surface area contributed by atoms with Gasteiger partial charge in [-0.05, 0) is 33.0 Å². The van der Waals surface area contributed by atoms with Crippen LogP contribution in [0.4, 0.5) is 0 Å². The molecule has 0 spiro atoms. The maximum Gasteiger partial charge on any atom is 0.200 e. The first kappa shape index (κ1) is 22.0. The minimum absolute atomic E-state index is 0.134. The molecular weight excluding hydrogens is 478 g/mol. The van der Waals surface area contributed by atoms with E-state index in [0.717, 1.165) is 17.0 Å². The van der Waals surface area contributed by atoms with Gasteiger partial charge >= 0.3 is 0 Å². The van der Waals surface area contributed by atoms with E-state index in [4.69, 9.17) is 4.99 Å². The average molecular weight is 505 g/mol. The van der Waals surface area contributed by atoms with Crippen molar-refractivity contribution in [3.8, 4) is 22.3 Å². The van der Waals surface area contributed by atoms with E-state index in [1.165, 1.54) is 38.6 Å². The van der Waals surface area contributed by atoms with Crippen molar-refractivity contribution in [3.63, 3.8) is 0 Å². The Balaban J connectivity index is 1.30. The summed E-state index contributed by atoms with van der Waals surface area (Å²) in [5.41, 5.74) is 8.36. The molecule has 0 amide bonds. The lowest BCUT2D eigenvalue weighted by molar-refractivity contribution is -0.448. The van der Waals surface area contributed by atoms with E-state index >= 15 is 0 Å². The molecule has 3 unspecified atom stereocenters. The molecule has 0 aliphatic carbocycles. The van der Waals surface area contributed by atoms with Gasteiger partial charge < -0.3 is 0 Å². The van der Waals surface area contributed by atoms with Crippen LogP contribution in [-0.4, -0.2) is 21.0 Å². The Kier molecular flexibility index (Phi) is 4.96. The third-order valence-electron chi connectivity index (χ3n) is 7.82. The van der Waals surface area contributed by atoms with Crippen LogP contribution < -0.4 is 5.10 Å². The van der Waals surface area contributed by atoms with Crippen molar-refractivity contribution in [1.29, 1.82) is 0 Å². The smallest absolute Gasteiger partial charge is 0.200 e. The number of rotatable bonds is 5. The van der Waals surface area contributed by atoms with Gasteiger partial charge in [0.05, 0.1) is 11.8 Å². The fourth-order valence-corrected chi connectivity index (χ4v) is 5.92. The molecule has 2 N–H and O–H groups in total. The van der Waals surface area contributed by atoms with E-state index in [9.17, 15) is 0 Å². The van der Waals surface area contributed by atoms with Crippen LogP contribution in [0.5, 0.6) is 0 Å². The molecular formula is C34H26N5+. The van der Waals surface area contributed by atoms with Crippen LogP contribution in [0.1, 0.15) is 29.0 Å². The maximum atomic E-state index is 5.39. The number of hydrogen-bond donors (Lipinski definition) is 1. The zero-order chi connectivity index (χ0) is 25.8. The number of benzene rings is 5. The highest BCUT2D eigenvalue weighted by atomic mass is 15.9. The summed E-state index contributed by atoms with van der Waals surface area (Å²) in [4.78, 5) is 5.39. The quantitative estimate of drug-likeness (QED) is 0.257. The number of hydrazine groups is 1. The summed E-state index contributed by atoms with van der Waals surface area (Å²) in [6.07, 6.45) is 3.98. The second-order valence-corrected chi connectivity index (χ2v) is 10.1. The number of nitrogens with zero attached hydrogens (tertiary/aromatic N) is 3. The number of H-pyrrole nitrogens is 2. The normalized spacial score (nSPS) is 19.6. The fraction of sp³-hybridized carbons (Fsp3) is 0.0588. The summed E-state index contributed by atoms with van der Waals surface area (Å²) >= 11 is 0. The molecule has 1 aromatic heterocycles. The lowest BCUT2D eigenvalue weighted by Crippen LogP contribution is -2.11. The molecule has 8 rings (SSSR count). The van der Waals surface area contributed by atoms with Crippen LogP contribution in [0.15, 0.2) is 139 Å². The number of aromatic amines is 2. The Morgan fingerprint density at radius 1 is 0.641 bits per heavy atom. The molecule has 0 saturated carbocycles. The van der Waals surface area contributed by atoms with E-state index in [-0.39, 0.29) is 12.3 Å². The van der Waals surface area contributed by atoms with Gasteiger partial charge in [0.2, 0.25) is 6.20 Å². The number of aromatic nitrogens is 2. The first-order chi connectivity index (χ1) is 19.4. The molecule has 5 aromatic carbocycles. The van der Waals surface area contributed by atoms with E-state index in [2.05, 4.69) is 142 Å². The van der Waals surface area contributed by atoms with Crippen LogP contribution in [0.2, 0.25) is 0 Å². The van der Waals surface area contributed by atoms with Gasteiger partial charge in [-0.3, -0.25) is 5.01 Å². The topological polar surface area (TPSA) is 48.3 Å². The lowest BCUT2D eigenvalue weighted by Gasteiger charge is -2.19. The third kappa shape index (κ3) is 3.59. The van der Waals surface area contributed by atoms with E-state index in [1.807, 2.05) is 12.4 Å². The predicted molar refractivity (Wildman–Crippen MR) is 154 cm³/mol. The molecule has 1 saturated heterocycles. The van der Waals surface area contributed by atoms with Crippen LogP contribution in [0, 0.1) is 0 Å². The van der Waals surface area contributed by atoms with E-state index in [0.29, 0.717) is 0 Å². The number of fused-ring (bicyclic) bond motifs is 2. The first-order valence-corrected chi connectivity index (χ1v) is 13.3. The molecule has 3 atom stereocenters. The Bertz CT molecular complexity index is 1810. The van der Waals surface area contributed by atoms with Crippen molar-refractivity contribution in [3.05, 3.63) is 150 Å². The third-order valence-corrected chi connectivity index (χ3v) is 7.82. The minimum Gasteiger partial charge on any atom is -0.261 e. The summed E-state index contributed by atoms with van der Waals surface area (Å²) in [5.74, 6) is 1.02. The number of hydrogen-bond acceptors (Lipinski definition) is 3. The monoisotopic (exact) mass is 504 g/mol. The molecule has 1 fully saturated rings. The molecule has 5 nitrogen and oxygen atoms in total. The van der Waals surface area contributed by atoms with Crippen LogP contribution in [0.3, 0.4) is 0 Å². The summed E-state index contributed by atoms with van der Waals surface area (Å²) in [7, 11) is 0. The van der Waals surface area contributed by atoms with Crippen molar-refractivity contribution in [2.45, 2.75) is 12.3 Å². The molecule has 186 valence electrons. The molecule has 5 heteroatoms. The molecule has 2 aliphatic heterocycles. The van der Waals surface area contributed by atoms with E-state index < -0.39 is 0 Å². The standard InChI is InChI=1S/C34H25N5/c1-3-10-26(11-4-1)32-37-33(39-34(38(32)39)27-12-5-2-6-13-27)31-29-14-8-7-9-24(29)19-20-30(31)25-17-15-23(16-18-25)28-21-35-36-22-28/h1-22,33-34H,(H,35,36)/p+1. The Labute approximate surface area is 226 Å². The summed E-state index contributed by atoms with van der Waals surface area (Å²) in [5, 5.41) is 13.3. The Morgan fingerprint density at radius 3 is 2.13 bits per heavy atom. The average Bonchev–Trinajstić information content (AvgIpc) is 3.31. The molecule has 2 aliphatic rings. The molecule has 3 heterocycles. The van der Waals surface area contributed by atoms with Gasteiger partial charge in [0.25, 0.3) is 0 Å².